The highest BCUT2D eigenvalue weighted by Crippen LogP contribution is 2.33. The average Bonchev–Trinajstić information content (AvgIpc) is 2.14. The van der Waals surface area contributed by atoms with Crippen LogP contribution >= 0.6 is 11.6 Å². The standard InChI is InChI=1S/C9H7ClF3NO2/c10-4-1-2-5(8(15)16)6(3-4)7(14)9(11,12)13/h1-3,7H,14H2,(H,15,16)/t7-/m0/s1. The molecule has 7 heteroatoms. The highest BCUT2D eigenvalue weighted by atomic mass is 35.5. The molecule has 1 aromatic carbocycles. The molecule has 1 aromatic rings. The number of carbonyl (C=O) groups is 1. The molecule has 1 atom stereocenters. The van der Waals surface area contributed by atoms with Gasteiger partial charge in [-0.2, -0.15) is 13.2 Å². The van der Waals surface area contributed by atoms with E-state index in [1.165, 1.54) is 6.07 Å². The number of halogens is 4. The van der Waals surface area contributed by atoms with E-state index < -0.39 is 29.3 Å². The molecule has 0 radical (unpaired) electrons. The lowest BCUT2D eigenvalue weighted by Gasteiger charge is -2.17. The Bertz CT molecular complexity index is 420. The summed E-state index contributed by atoms with van der Waals surface area (Å²) >= 11 is 5.50. The van der Waals surface area contributed by atoms with Crippen LogP contribution in [0.15, 0.2) is 18.2 Å². The van der Waals surface area contributed by atoms with E-state index in [2.05, 4.69) is 0 Å². The van der Waals surface area contributed by atoms with Crippen molar-refractivity contribution < 1.29 is 23.1 Å². The molecule has 0 saturated heterocycles. The van der Waals surface area contributed by atoms with Crippen LogP contribution in [-0.4, -0.2) is 17.3 Å². The molecule has 0 unspecified atom stereocenters. The van der Waals surface area contributed by atoms with E-state index in [4.69, 9.17) is 22.4 Å². The van der Waals surface area contributed by atoms with Crippen molar-refractivity contribution in [3.8, 4) is 0 Å². The zero-order valence-electron chi connectivity index (χ0n) is 7.75. The molecular formula is C9H7ClF3NO2. The van der Waals surface area contributed by atoms with Crippen molar-refractivity contribution in [2.24, 2.45) is 5.73 Å². The van der Waals surface area contributed by atoms with Gasteiger partial charge in [-0.3, -0.25) is 0 Å². The number of aromatic carboxylic acids is 1. The van der Waals surface area contributed by atoms with E-state index in [1.807, 2.05) is 0 Å². The maximum Gasteiger partial charge on any atom is 0.407 e. The topological polar surface area (TPSA) is 63.3 Å². The summed E-state index contributed by atoms with van der Waals surface area (Å²) in [6, 6.07) is 0.726. The second kappa shape index (κ2) is 4.31. The van der Waals surface area contributed by atoms with Crippen molar-refractivity contribution in [2.45, 2.75) is 12.2 Å². The fraction of sp³-hybridized carbons (Fsp3) is 0.222. The number of rotatable bonds is 2. The molecule has 0 amide bonds. The Morgan fingerprint density at radius 1 is 1.44 bits per heavy atom. The first-order valence-electron chi connectivity index (χ1n) is 4.08. The van der Waals surface area contributed by atoms with Gasteiger partial charge < -0.3 is 10.8 Å². The van der Waals surface area contributed by atoms with Gasteiger partial charge in [0.2, 0.25) is 0 Å². The predicted octanol–water partition coefficient (Wildman–Crippen LogP) is 2.60. The molecule has 88 valence electrons. The Kier molecular flexibility index (Phi) is 3.44. The predicted molar refractivity (Wildman–Crippen MR) is 51.4 cm³/mol. The maximum absolute atomic E-state index is 12.3. The molecule has 3 nitrogen and oxygen atoms in total. The lowest BCUT2D eigenvalue weighted by molar-refractivity contribution is -0.149. The Labute approximate surface area is 93.6 Å². The number of hydrogen-bond acceptors (Lipinski definition) is 2. The molecule has 1 rings (SSSR count). The normalized spacial score (nSPS) is 13.6. The van der Waals surface area contributed by atoms with Crippen molar-refractivity contribution in [3.63, 3.8) is 0 Å². The largest absolute Gasteiger partial charge is 0.478 e. The molecule has 0 aliphatic rings. The summed E-state index contributed by atoms with van der Waals surface area (Å²) in [6.45, 7) is 0. The third kappa shape index (κ3) is 2.65. The molecule has 0 fully saturated rings. The first-order valence-corrected chi connectivity index (χ1v) is 4.46. The van der Waals surface area contributed by atoms with Crippen molar-refractivity contribution >= 4 is 17.6 Å². The van der Waals surface area contributed by atoms with E-state index in [9.17, 15) is 18.0 Å². The molecule has 0 aliphatic carbocycles. The van der Waals surface area contributed by atoms with Gasteiger partial charge in [0.05, 0.1) is 5.56 Å². The third-order valence-corrected chi connectivity index (χ3v) is 2.17. The van der Waals surface area contributed by atoms with Gasteiger partial charge in [0.15, 0.2) is 0 Å². The molecule has 0 bridgehead atoms. The Morgan fingerprint density at radius 3 is 2.44 bits per heavy atom. The SMILES string of the molecule is N[C@@H](c1cc(Cl)ccc1C(=O)O)C(F)(F)F. The first-order chi connectivity index (χ1) is 7.23. The molecule has 0 spiro atoms. The van der Waals surface area contributed by atoms with E-state index in [-0.39, 0.29) is 5.02 Å². The van der Waals surface area contributed by atoms with E-state index in [0.717, 1.165) is 12.1 Å². The number of alkyl halides is 3. The third-order valence-electron chi connectivity index (χ3n) is 1.93. The minimum atomic E-state index is -4.71. The molecule has 0 aliphatic heterocycles. The summed E-state index contributed by atoms with van der Waals surface area (Å²) in [4.78, 5) is 10.7. The van der Waals surface area contributed by atoms with Crippen LogP contribution in [0.3, 0.4) is 0 Å². The van der Waals surface area contributed by atoms with Crippen LogP contribution in [0, 0.1) is 0 Å². The number of carboxylic acids is 1. The maximum atomic E-state index is 12.3. The van der Waals surface area contributed by atoms with Gasteiger partial charge >= 0.3 is 12.1 Å². The fourth-order valence-electron chi connectivity index (χ4n) is 1.16. The van der Waals surface area contributed by atoms with E-state index in [0.29, 0.717) is 0 Å². The molecule has 0 saturated carbocycles. The zero-order valence-corrected chi connectivity index (χ0v) is 8.51. The fourth-order valence-corrected chi connectivity index (χ4v) is 1.34. The number of carboxylic acid groups (broad SMARTS) is 1. The highest BCUT2D eigenvalue weighted by Gasteiger charge is 2.39. The monoisotopic (exact) mass is 253 g/mol. The number of benzene rings is 1. The summed E-state index contributed by atoms with van der Waals surface area (Å²) < 4.78 is 37.0. The molecule has 0 aromatic heterocycles. The van der Waals surface area contributed by atoms with Crippen LogP contribution in [-0.2, 0) is 0 Å². The lowest BCUT2D eigenvalue weighted by Crippen LogP contribution is -2.30. The zero-order chi connectivity index (χ0) is 12.5. The second-order valence-corrected chi connectivity index (χ2v) is 3.49. The average molecular weight is 254 g/mol. The number of hydrogen-bond donors (Lipinski definition) is 2. The van der Waals surface area contributed by atoms with Crippen LogP contribution in [0.25, 0.3) is 0 Å². The van der Waals surface area contributed by atoms with Crippen LogP contribution in [0.4, 0.5) is 13.2 Å². The molecule has 0 heterocycles. The second-order valence-electron chi connectivity index (χ2n) is 3.06. The van der Waals surface area contributed by atoms with Crippen LogP contribution < -0.4 is 5.73 Å². The van der Waals surface area contributed by atoms with Crippen molar-refractivity contribution in [3.05, 3.63) is 34.3 Å². The number of nitrogens with two attached hydrogens (primary N) is 1. The molecule has 16 heavy (non-hydrogen) atoms. The van der Waals surface area contributed by atoms with Gasteiger partial charge in [0, 0.05) is 5.02 Å². The minimum Gasteiger partial charge on any atom is -0.478 e. The summed E-state index contributed by atoms with van der Waals surface area (Å²) in [6.07, 6.45) is -4.71. The van der Waals surface area contributed by atoms with E-state index in [1.54, 1.807) is 0 Å². The Morgan fingerprint density at radius 2 is 2.00 bits per heavy atom. The Balaban J connectivity index is 3.30. The smallest absolute Gasteiger partial charge is 0.407 e. The quantitative estimate of drug-likeness (QED) is 0.851. The minimum absolute atomic E-state index is 0.000278. The van der Waals surface area contributed by atoms with Crippen LogP contribution in [0.2, 0.25) is 5.02 Å². The molecule has 3 N–H and O–H groups in total. The van der Waals surface area contributed by atoms with Crippen molar-refractivity contribution in [2.75, 3.05) is 0 Å². The van der Waals surface area contributed by atoms with E-state index >= 15 is 0 Å². The summed E-state index contributed by atoms with van der Waals surface area (Å²) in [5.41, 5.74) is 3.88. The summed E-state index contributed by atoms with van der Waals surface area (Å²) in [7, 11) is 0. The summed E-state index contributed by atoms with van der Waals surface area (Å²) in [5, 5.41) is 8.70. The highest BCUT2D eigenvalue weighted by molar-refractivity contribution is 6.30. The van der Waals surface area contributed by atoms with Gasteiger partial charge in [0.1, 0.15) is 6.04 Å². The van der Waals surface area contributed by atoms with Crippen LogP contribution in [0.5, 0.6) is 0 Å². The van der Waals surface area contributed by atoms with Gasteiger partial charge in [-0.25, -0.2) is 4.79 Å². The Hall–Kier alpha value is -1.27. The van der Waals surface area contributed by atoms with Gasteiger partial charge in [-0.1, -0.05) is 11.6 Å². The summed E-state index contributed by atoms with van der Waals surface area (Å²) in [5.74, 6) is -1.48. The van der Waals surface area contributed by atoms with Crippen molar-refractivity contribution in [1.29, 1.82) is 0 Å². The van der Waals surface area contributed by atoms with Gasteiger partial charge in [-0.15, -0.1) is 0 Å². The van der Waals surface area contributed by atoms with Crippen molar-refractivity contribution in [1.82, 2.24) is 0 Å². The first kappa shape index (κ1) is 12.8. The van der Waals surface area contributed by atoms with Gasteiger partial charge in [-0.05, 0) is 23.8 Å². The molecular weight excluding hydrogens is 247 g/mol. The van der Waals surface area contributed by atoms with Gasteiger partial charge in [0.25, 0.3) is 0 Å². The van der Waals surface area contributed by atoms with Crippen LogP contribution in [0.1, 0.15) is 22.0 Å². The lowest BCUT2D eigenvalue weighted by atomic mass is 10.0.